The molecule has 0 radical (unpaired) electrons. The lowest BCUT2D eigenvalue weighted by Gasteiger charge is -1.98. The van der Waals surface area contributed by atoms with E-state index in [9.17, 15) is 4.79 Å². The SMILES string of the molecule is CCCNC(=O)c1cn(C)c(Br)n1. The second kappa shape index (κ2) is 4.41. The lowest BCUT2D eigenvalue weighted by Crippen LogP contribution is -2.24. The van der Waals surface area contributed by atoms with Crippen LogP contribution < -0.4 is 5.32 Å². The molecule has 13 heavy (non-hydrogen) atoms. The highest BCUT2D eigenvalue weighted by Crippen LogP contribution is 2.07. The molecule has 1 amide bonds. The third-order valence-corrected chi connectivity index (χ3v) is 2.32. The molecule has 1 N–H and O–H groups in total. The molecular weight excluding hydrogens is 234 g/mol. The average molecular weight is 246 g/mol. The summed E-state index contributed by atoms with van der Waals surface area (Å²) in [4.78, 5) is 15.4. The van der Waals surface area contributed by atoms with E-state index >= 15 is 0 Å². The Morgan fingerprint density at radius 3 is 2.92 bits per heavy atom. The zero-order valence-electron chi connectivity index (χ0n) is 7.67. The fourth-order valence-corrected chi connectivity index (χ4v) is 1.18. The van der Waals surface area contributed by atoms with Crippen molar-refractivity contribution in [1.82, 2.24) is 14.9 Å². The van der Waals surface area contributed by atoms with E-state index in [1.807, 2.05) is 14.0 Å². The zero-order chi connectivity index (χ0) is 9.84. The van der Waals surface area contributed by atoms with Gasteiger partial charge in [-0.15, -0.1) is 0 Å². The van der Waals surface area contributed by atoms with Crippen LogP contribution in [0.1, 0.15) is 23.8 Å². The zero-order valence-corrected chi connectivity index (χ0v) is 9.26. The van der Waals surface area contributed by atoms with Crippen molar-refractivity contribution in [3.05, 3.63) is 16.6 Å². The molecule has 1 heterocycles. The Bertz CT molecular complexity index is 289. The van der Waals surface area contributed by atoms with Gasteiger partial charge in [0, 0.05) is 19.8 Å². The maximum atomic E-state index is 11.4. The summed E-state index contributed by atoms with van der Waals surface area (Å²) in [6.07, 6.45) is 2.62. The van der Waals surface area contributed by atoms with Crippen molar-refractivity contribution in [2.75, 3.05) is 6.54 Å². The monoisotopic (exact) mass is 245 g/mol. The van der Waals surface area contributed by atoms with E-state index in [4.69, 9.17) is 0 Å². The van der Waals surface area contributed by atoms with Crippen molar-refractivity contribution in [1.29, 1.82) is 0 Å². The number of aromatic nitrogens is 2. The second-order valence-electron chi connectivity index (χ2n) is 2.76. The van der Waals surface area contributed by atoms with Crippen LogP contribution in [0.5, 0.6) is 0 Å². The van der Waals surface area contributed by atoms with Gasteiger partial charge in [-0.2, -0.15) is 0 Å². The van der Waals surface area contributed by atoms with E-state index in [0.29, 0.717) is 17.0 Å². The predicted molar refractivity (Wildman–Crippen MR) is 53.5 cm³/mol. The van der Waals surface area contributed by atoms with Crippen molar-refractivity contribution in [2.45, 2.75) is 13.3 Å². The molecule has 1 aromatic rings. The number of hydrogen-bond donors (Lipinski definition) is 1. The molecule has 0 saturated carbocycles. The van der Waals surface area contributed by atoms with Crippen molar-refractivity contribution in [3.63, 3.8) is 0 Å². The molecule has 0 unspecified atom stereocenters. The molecule has 0 spiro atoms. The van der Waals surface area contributed by atoms with E-state index in [-0.39, 0.29) is 5.91 Å². The summed E-state index contributed by atoms with van der Waals surface area (Å²) in [6.45, 7) is 2.70. The number of rotatable bonds is 3. The molecular formula is C8H12BrN3O. The van der Waals surface area contributed by atoms with Crippen LogP contribution in [0.15, 0.2) is 10.9 Å². The summed E-state index contributed by atoms with van der Waals surface area (Å²) >= 11 is 3.22. The van der Waals surface area contributed by atoms with Gasteiger partial charge in [0.05, 0.1) is 0 Å². The number of carbonyl (C=O) groups excluding carboxylic acids is 1. The minimum Gasteiger partial charge on any atom is -0.351 e. The highest BCUT2D eigenvalue weighted by molar-refractivity contribution is 9.10. The van der Waals surface area contributed by atoms with E-state index in [2.05, 4.69) is 26.2 Å². The first-order chi connectivity index (χ1) is 6.15. The van der Waals surface area contributed by atoms with Crippen LogP contribution in [0.4, 0.5) is 0 Å². The number of amides is 1. The van der Waals surface area contributed by atoms with E-state index in [1.165, 1.54) is 0 Å². The first-order valence-corrected chi connectivity index (χ1v) is 4.91. The first-order valence-electron chi connectivity index (χ1n) is 4.12. The summed E-state index contributed by atoms with van der Waals surface area (Å²) in [6, 6.07) is 0. The normalized spacial score (nSPS) is 10.1. The Hall–Kier alpha value is -0.840. The molecule has 0 aromatic carbocycles. The van der Waals surface area contributed by atoms with Gasteiger partial charge in [0.2, 0.25) is 0 Å². The molecule has 1 rings (SSSR count). The number of halogens is 1. The van der Waals surface area contributed by atoms with Gasteiger partial charge in [-0.05, 0) is 22.4 Å². The van der Waals surface area contributed by atoms with Crippen LogP contribution in [0.25, 0.3) is 0 Å². The molecule has 4 nitrogen and oxygen atoms in total. The van der Waals surface area contributed by atoms with Crippen LogP contribution in [0.2, 0.25) is 0 Å². The third-order valence-electron chi connectivity index (χ3n) is 1.59. The highest BCUT2D eigenvalue weighted by atomic mass is 79.9. The van der Waals surface area contributed by atoms with Crippen LogP contribution in [0, 0.1) is 0 Å². The Balaban J connectivity index is 2.66. The van der Waals surface area contributed by atoms with Crippen LogP contribution >= 0.6 is 15.9 Å². The van der Waals surface area contributed by atoms with Gasteiger partial charge in [0.1, 0.15) is 5.69 Å². The van der Waals surface area contributed by atoms with Crippen molar-refractivity contribution < 1.29 is 4.79 Å². The van der Waals surface area contributed by atoms with Gasteiger partial charge >= 0.3 is 0 Å². The Morgan fingerprint density at radius 1 is 1.77 bits per heavy atom. The Morgan fingerprint density at radius 2 is 2.46 bits per heavy atom. The molecule has 0 bridgehead atoms. The van der Waals surface area contributed by atoms with Crippen molar-refractivity contribution in [3.8, 4) is 0 Å². The van der Waals surface area contributed by atoms with E-state index in [0.717, 1.165) is 6.42 Å². The predicted octanol–water partition coefficient (Wildman–Crippen LogP) is 1.32. The quantitative estimate of drug-likeness (QED) is 0.874. The molecule has 0 atom stereocenters. The lowest BCUT2D eigenvalue weighted by atomic mass is 10.4. The summed E-state index contributed by atoms with van der Waals surface area (Å²) in [5.41, 5.74) is 0.447. The van der Waals surface area contributed by atoms with E-state index < -0.39 is 0 Å². The maximum absolute atomic E-state index is 11.4. The number of hydrogen-bond acceptors (Lipinski definition) is 2. The standard InChI is InChI=1S/C8H12BrN3O/c1-3-4-10-7(13)6-5-12(2)8(9)11-6/h5H,3-4H2,1-2H3,(H,10,13). The molecule has 72 valence electrons. The van der Waals surface area contributed by atoms with Gasteiger partial charge in [-0.25, -0.2) is 4.98 Å². The summed E-state index contributed by atoms with van der Waals surface area (Å²) in [5, 5.41) is 2.75. The molecule has 1 aromatic heterocycles. The van der Waals surface area contributed by atoms with Gasteiger partial charge in [0.15, 0.2) is 4.73 Å². The highest BCUT2D eigenvalue weighted by Gasteiger charge is 2.09. The number of carbonyl (C=O) groups is 1. The number of nitrogens with one attached hydrogen (secondary N) is 1. The molecule has 0 aliphatic carbocycles. The van der Waals surface area contributed by atoms with Crippen LogP contribution in [-0.4, -0.2) is 22.0 Å². The number of aryl methyl sites for hydroxylation is 1. The van der Waals surface area contributed by atoms with Crippen molar-refractivity contribution in [2.24, 2.45) is 7.05 Å². The molecule has 0 aliphatic heterocycles. The fraction of sp³-hybridized carbons (Fsp3) is 0.500. The molecule has 0 aliphatic rings. The minimum absolute atomic E-state index is 0.122. The van der Waals surface area contributed by atoms with E-state index in [1.54, 1.807) is 10.8 Å². The summed E-state index contributed by atoms with van der Waals surface area (Å²) < 4.78 is 2.41. The summed E-state index contributed by atoms with van der Waals surface area (Å²) in [5.74, 6) is -0.122. The van der Waals surface area contributed by atoms with Gasteiger partial charge in [-0.3, -0.25) is 4.79 Å². The van der Waals surface area contributed by atoms with Crippen LogP contribution in [-0.2, 0) is 7.05 Å². The average Bonchev–Trinajstić information content (AvgIpc) is 2.43. The Kier molecular flexibility index (Phi) is 3.48. The van der Waals surface area contributed by atoms with Gasteiger partial charge in [0.25, 0.3) is 5.91 Å². The number of imidazole rings is 1. The molecule has 5 heteroatoms. The second-order valence-corrected chi connectivity index (χ2v) is 3.47. The maximum Gasteiger partial charge on any atom is 0.271 e. The first kappa shape index (κ1) is 10.2. The summed E-state index contributed by atoms with van der Waals surface area (Å²) in [7, 11) is 1.83. The molecule has 0 fully saturated rings. The van der Waals surface area contributed by atoms with Crippen LogP contribution in [0.3, 0.4) is 0 Å². The number of nitrogens with zero attached hydrogens (tertiary/aromatic N) is 2. The minimum atomic E-state index is -0.122. The Labute approximate surface area is 85.5 Å². The molecule has 0 saturated heterocycles. The van der Waals surface area contributed by atoms with Gasteiger partial charge in [-0.1, -0.05) is 6.92 Å². The largest absolute Gasteiger partial charge is 0.351 e. The smallest absolute Gasteiger partial charge is 0.271 e. The topological polar surface area (TPSA) is 46.9 Å². The lowest BCUT2D eigenvalue weighted by molar-refractivity contribution is 0.0949. The third kappa shape index (κ3) is 2.55. The van der Waals surface area contributed by atoms with Gasteiger partial charge < -0.3 is 9.88 Å². The van der Waals surface area contributed by atoms with Crippen molar-refractivity contribution >= 4 is 21.8 Å². The fourth-order valence-electron chi connectivity index (χ4n) is 0.882.